The van der Waals surface area contributed by atoms with Crippen molar-refractivity contribution in [2.24, 2.45) is 5.92 Å². The Morgan fingerprint density at radius 3 is 2.46 bits per heavy atom. The molecule has 0 radical (unpaired) electrons. The Bertz CT molecular complexity index is 644. The van der Waals surface area contributed by atoms with Crippen molar-refractivity contribution in [3.8, 4) is 0 Å². The molecular formula is C17H22F3N3O3. The number of anilines is 1. The Balaban J connectivity index is 1.94. The number of amides is 1. The van der Waals surface area contributed by atoms with E-state index >= 15 is 0 Å². The highest BCUT2D eigenvalue weighted by Gasteiger charge is 2.31. The van der Waals surface area contributed by atoms with Gasteiger partial charge < -0.3 is 15.3 Å². The van der Waals surface area contributed by atoms with Gasteiger partial charge in [-0.05, 0) is 25.2 Å². The lowest BCUT2D eigenvalue weighted by Crippen LogP contribution is -2.47. The van der Waals surface area contributed by atoms with Gasteiger partial charge >= 0.3 is 12.1 Å². The average molecular weight is 373 g/mol. The number of carbonyl (C=O) groups excluding carboxylic acids is 1. The van der Waals surface area contributed by atoms with Crippen LogP contribution in [-0.4, -0.2) is 66.6 Å². The molecule has 0 saturated carbocycles. The van der Waals surface area contributed by atoms with Crippen LogP contribution in [0, 0.1) is 5.92 Å². The molecule has 0 bridgehead atoms. The molecule has 26 heavy (non-hydrogen) atoms. The molecule has 2 rings (SSSR count). The fourth-order valence-corrected chi connectivity index (χ4v) is 2.78. The normalized spacial score (nSPS) is 17.7. The second-order valence-corrected chi connectivity index (χ2v) is 6.47. The van der Waals surface area contributed by atoms with Crippen molar-refractivity contribution in [1.29, 1.82) is 0 Å². The molecule has 1 aliphatic heterocycles. The number of halogens is 3. The number of aliphatic carboxylic acids is 1. The van der Waals surface area contributed by atoms with E-state index in [4.69, 9.17) is 0 Å². The van der Waals surface area contributed by atoms with E-state index in [2.05, 4.69) is 10.2 Å². The van der Waals surface area contributed by atoms with Crippen LogP contribution < -0.4 is 5.32 Å². The molecule has 1 aromatic carbocycles. The van der Waals surface area contributed by atoms with Gasteiger partial charge in [0.2, 0.25) is 5.91 Å². The van der Waals surface area contributed by atoms with Crippen LogP contribution in [0.25, 0.3) is 0 Å². The number of benzene rings is 1. The molecule has 0 aliphatic carbocycles. The smallest absolute Gasteiger partial charge is 0.416 e. The first kappa shape index (κ1) is 20.2. The third-order valence-corrected chi connectivity index (χ3v) is 4.33. The summed E-state index contributed by atoms with van der Waals surface area (Å²) in [6.45, 7) is 3.32. The van der Waals surface area contributed by atoms with Gasteiger partial charge in [-0.25, -0.2) is 0 Å². The number of alkyl halides is 3. The number of hydrogen-bond acceptors (Lipinski definition) is 4. The van der Waals surface area contributed by atoms with Gasteiger partial charge in [-0.1, -0.05) is 6.07 Å². The van der Waals surface area contributed by atoms with Gasteiger partial charge in [-0.2, -0.15) is 13.2 Å². The van der Waals surface area contributed by atoms with Gasteiger partial charge in [-0.15, -0.1) is 0 Å². The van der Waals surface area contributed by atoms with Crippen molar-refractivity contribution < 1.29 is 27.9 Å². The molecule has 0 aromatic heterocycles. The van der Waals surface area contributed by atoms with Crippen LogP contribution in [-0.2, 0) is 15.8 Å². The molecule has 0 unspecified atom stereocenters. The summed E-state index contributed by atoms with van der Waals surface area (Å²) in [6, 6.07) is 4.26. The van der Waals surface area contributed by atoms with E-state index in [1.165, 1.54) is 12.1 Å². The van der Waals surface area contributed by atoms with Gasteiger partial charge in [0.25, 0.3) is 0 Å². The SMILES string of the molecule is CN1CCN(C[C@@H](CC(=O)Nc2cccc(C(F)(F)F)c2)C(=O)O)CC1. The summed E-state index contributed by atoms with van der Waals surface area (Å²) in [6.07, 6.45) is -4.80. The lowest BCUT2D eigenvalue weighted by molar-refractivity contribution is -0.144. The highest BCUT2D eigenvalue weighted by atomic mass is 19.4. The predicted octanol–water partition coefficient (Wildman–Crippen LogP) is 1.98. The van der Waals surface area contributed by atoms with Gasteiger partial charge in [0.15, 0.2) is 0 Å². The molecule has 144 valence electrons. The van der Waals surface area contributed by atoms with Crippen molar-refractivity contribution in [3.05, 3.63) is 29.8 Å². The van der Waals surface area contributed by atoms with Crippen LogP contribution in [0.15, 0.2) is 24.3 Å². The van der Waals surface area contributed by atoms with E-state index in [0.29, 0.717) is 0 Å². The topological polar surface area (TPSA) is 72.9 Å². The molecule has 1 atom stereocenters. The number of carbonyl (C=O) groups is 2. The maximum atomic E-state index is 12.7. The minimum Gasteiger partial charge on any atom is -0.481 e. The minimum atomic E-state index is -4.51. The van der Waals surface area contributed by atoms with Crippen molar-refractivity contribution >= 4 is 17.6 Å². The molecule has 9 heteroatoms. The van der Waals surface area contributed by atoms with Crippen LogP contribution >= 0.6 is 0 Å². The summed E-state index contributed by atoms with van der Waals surface area (Å²) in [5.41, 5.74) is -0.879. The number of piperazine rings is 1. The molecule has 6 nitrogen and oxygen atoms in total. The van der Waals surface area contributed by atoms with Crippen molar-refractivity contribution in [3.63, 3.8) is 0 Å². The lowest BCUT2D eigenvalue weighted by Gasteiger charge is -2.33. The molecule has 1 aromatic rings. The summed E-state index contributed by atoms with van der Waals surface area (Å²) in [4.78, 5) is 27.7. The molecular weight excluding hydrogens is 351 g/mol. The second-order valence-electron chi connectivity index (χ2n) is 6.47. The van der Waals surface area contributed by atoms with Crippen molar-refractivity contribution in [2.45, 2.75) is 12.6 Å². The van der Waals surface area contributed by atoms with Crippen LogP contribution in [0.5, 0.6) is 0 Å². The zero-order valence-electron chi connectivity index (χ0n) is 14.4. The lowest BCUT2D eigenvalue weighted by atomic mass is 10.0. The Morgan fingerprint density at radius 2 is 1.88 bits per heavy atom. The second kappa shape index (κ2) is 8.50. The molecule has 1 fully saturated rings. The molecule has 1 heterocycles. The van der Waals surface area contributed by atoms with Crippen LogP contribution in [0.1, 0.15) is 12.0 Å². The Labute approximate surface area is 149 Å². The first-order valence-electron chi connectivity index (χ1n) is 8.26. The van der Waals surface area contributed by atoms with Gasteiger partial charge in [0.05, 0.1) is 11.5 Å². The van der Waals surface area contributed by atoms with E-state index in [0.717, 1.165) is 38.3 Å². The van der Waals surface area contributed by atoms with E-state index in [1.54, 1.807) is 0 Å². The maximum absolute atomic E-state index is 12.7. The zero-order chi connectivity index (χ0) is 19.3. The Kier molecular flexibility index (Phi) is 6.60. The van der Waals surface area contributed by atoms with E-state index in [-0.39, 0.29) is 18.7 Å². The number of rotatable bonds is 6. The van der Waals surface area contributed by atoms with Gasteiger partial charge in [-0.3, -0.25) is 14.5 Å². The molecule has 1 amide bonds. The van der Waals surface area contributed by atoms with Crippen molar-refractivity contribution in [1.82, 2.24) is 9.80 Å². The zero-order valence-corrected chi connectivity index (χ0v) is 14.4. The number of carboxylic acid groups (broad SMARTS) is 1. The number of hydrogen-bond donors (Lipinski definition) is 2. The summed E-state index contributed by atoms with van der Waals surface area (Å²) in [5.74, 6) is -2.63. The average Bonchev–Trinajstić information content (AvgIpc) is 2.55. The third-order valence-electron chi connectivity index (χ3n) is 4.33. The van der Waals surface area contributed by atoms with Gasteiger partial charge in [0, 0.05) is 44.8 Å². The maximum Gasteiger partial charge on any atom is 0.416 e. The molecule has 2 N–H and O–H groups in total. The highest BCUT2D eigenvalue weighted by molar-refractivity contribution is 5.93. The fraction of sp³-hybridized carbons (Fsp3) is 0.529. The molecule has 0 spiro atoms. The number of carboxylic acids is 1. The first-order valence-corrected chi connectivity index (χ1v) is 8.26. The van der Waals surface area contributed by atoms with Crippen LogP contribution in [0.4, 0.5) is 18.9 Å². The van der Waals surface area contributed by atoms with Gasteiger partial charge in [0.1, 0.15) is 0 Å². The summed E-state index contributed by atoms with van der Waals surface area (Å²) < 4.78 is 38.1. The summed E-state index contributed by atoms with van der Waals surface area (Å²) in [7, 11) is 1.98. The minimum absolute atomic E-state index is 0.00596. The third kappa shape index (κ3) is 5.99. The monoisotopic (exact) mass is 373 g/mol. The van der Waals surface area contributed by atoms with Crippen molar-refractivity contribution in [2.75, 3.05) is 45.1 Å². The number of nitrogens with one attached hydrogen (secondary N) is 1. The Morgan fingerprint density at radius 1 is 1.23 bits per heavy atom. The van der Waals surface area contributed by atoms with E-state index in [9.17, 15) is 27.9 Å². The predicted molar refractivity (Wildman–Crippen MR) is 89.8 cm³/mol. The molecule has 1 aliphatic rings. The van der Waals surface area contributed by atoms with E-state index in [1.807, 2.05) is 11.9 Å². The fourth-order valence-electron chi connectivity index (χ4n) is 2.78. The van der Waals surface area contributed by atoms with Crippen LogP contribution in [0.2, 0.25) is 0 Å². The summed E-state index contributed by atoms with van der Waals surface area (Å²) in [5, 5.41) is 11.7. The van der Waals surface area contributed by atoms with E-state index < -0.39 is 29.5 Å². The quantitative estimate of drug-likeness (QED) is 0.798. The number of nitrogens with zero attached hydrogens (tertiary/aromatic N) is 2. The highest BCUT2D eigenvalue weighted by Crippen LogP contribution is 2.30. The largest absolute Gasteiger partial charge is 0.481 e. The first-order chi connectivity index (χ1) is 12.1. The number of likely N-dealkylation sites (N-methyl/N-ethyl adjacent to an activating group) is 1. The standard InChI is InChI=1S/C17H22F3N3O3/c1-22-5-7-23(8-6-22)11-12(16(25)26)9-15(24)21-14-4-2-3-13(10-14)17(18,19)20/h2-4,10,12H,5-9,11H2,1H3,(H,21,24)(H,25,26)/t12-/m1/s1. The summed E-state index contributed by atoms with van der Waals surface area (Å²) >= 11 is 0. The molecule has 1 saturated heterocycles. The Hall–Kier alpha value is -2.13. The van der Waals surface area contributed by atoms with Crippen LogP contribution in [0.3, 0.4) is 0 Å².